The Hall–Kier alpha value is -3.80. The van der Waals surface area contributed by atoms with Gasteiger partial charge >= 0.3 is 17.6 Å². The molecule has 1 unspecified atom stereocenters. The van der Waals surface area contributed by atoms with Crippen molar-refractivity contribution in [2.75, 3.05) is 13.2 Å². The molecule has 4 rings (SSSR count). The summed E-state index contributed by atoms with van der Waals surface area (Å²) in [5, 5.41) is 1.80. The van der Waals surface area contributed by atoms with E-state index in [1.807, 2.05) is 36.4 Å². The average Bonchev–Trinajstić information content (AvgIpc) is 3.19. The number of hydrogen-bond acceptors (Lipinski definition) is 8. The van der Waals surface area contributed by atoms with Crippen LogP contribution < -0.4 is 21.6 Å². The third-order valence-corrected chi connectivity index (χ3v) is 12.8. The number of aromatic nitrogens is 2. The molecule has 1 saturated heterocycles. The quantitative estimate of drug-likeness (QED) is 0.296. The molecule has 0 amide bonds. The molecule has 1 fully saturated rings. The Morgan fingerprint density at radius 2 is 1.52 bits per heavy atom. The van der Waals surface area contributed by atoms with Crippen LogP contribution in [0.4, 0.5) is 0 Å². The van der Waals surface area contributed by atoms with Gasteiger partial charge in [0.25, 0.3) is 13.9 Å². The van der Waals surface area contributed by atoms with Gasteiger partial charge in [0.1, 0.15) is 6.61 Å². The molecule has 1 N–H and O–H groups in total. The summed E-state index contributed by atoms with van der Waals surface area (Å²) in [7, 11) is -3.01. The monoisotopic (exact) mass is 594 g/mol. The Kier molecular flexibility index (Phi) is 9.05. The highest BCUT2D eigenvalue weighted by Crippen LogP contribution is 2.47. The third kappa shape index (κ3) is 6.04. The molecule has 10 nitrogen and oxygen atoms in total. The van der Waals surface area contributed by atoms with Gasteiger partial charge in [0, 0.05) is 26.1 Å². The first-order valence-electron chi connectivity index (χ1n) is 13.8. The Labute approximate surface area is 245 Å². The van der Waals surface area contributed by atoms with Gasteiger partial charge in [-0.1, -0.05) is 81.4 Å². The molecule has 0 bridgehead atoms. The van der Waals surface area contributed by atoms with Crippen molar-refractivity contribution in [2.45, 2.75) is 65.0 Å². The van der Waals surface area contributed by atoms with Crippen LogP contribution in [0.25, 0.3) is 0 Å². The van der Waals surface area contributed by atoms with Gasteiger partial charge in [0.2, 0.25) is 0 Å². The number of benzene rings is 2. The lowest BCUT2D eigenvalue weighted by atomic mass is 9.81. The highest BCUT2D eigenvalue weighted by atomic mass is 28.4. The lowest BCUT2D eigenvalue weighted by Crippen LogP contribution is -2.67. The van der Waals surface area contributed by atoms with E-state index in [0.717, 1.165) is 10.4 Å². The number of carbonyl (C=O) groups is 2. The molecule has 0 saturated carbocycles. The highest BCUT2D eigenvalue weighted by molar-refractivity contribution is 6.99. The Bertz CT molecular complexity index is 1480. The van der Waals surface area contributed by atoms with Crippen LogP contribution in [0, 0.1) is 5.41 Å². The van der Waals surface area contributed by atoms with E-state index in [4.69, 9.17) is 18.6 Å². The number of nitrogens with one attached hydrogen (secondary N) is 1. The largest absolute Gasteiger partial charge is 0.465 e. The lowest BCUT2D eigenvalue weighted by Gasteiger charge is -2.44. The van der Waals surface area contributed by atoms with Gasteiger partial charge in [-0.2, -0.15) is 0 Å². The van der Waals surface area contributed by atoms with Crippen LogP contribution in [0.5, 0.6) is 0 Å². The molecule has 4 atom stereocenters. The zero-order chi connectivity index (χ0) is 30.7. The second kappa shape index (κ2) is 12.2. The normalized spacial score (nSPS) is 22.5. The molecule has 1 aliphatic rings. The molecular weight excluding hydrogens is 556 g/mol. The van der Waals surface area contributed by atoms with Crippen LogP contribution in [0.1, 0.15) is 47.8 Å². The summed E-state index contributed by atoms with van der Waals surface area (Å²) in [6.07, 6.45) is -1.66. The van der Waals surface area contributed by atoms with Gasteiger partial charge in [0.15, 0.2) is 12.3 Å². The van der Waals surface area contributed by atoms with Crippen LogP contribution >= 0.6 is 0 Å². The minimum atomic E-state index is -3.01. The molecule has 2 heterocycles. The zero-order valence-corrected chi connectivity index (χ0v) is 25.8. The predicted molar refractivity (Wildman–Crippen MR) is 159 cm³/mol. The molecule has 1 aliphatic heterocycles. The number of aromatic amines is 1. The molecule has 42 heavy (non-hydrogen) atoms. The fraction of sp³-hybridized carbons (Fsp3) is 0.419. The number of H-pyrrole nitrogens is 1. The molecule has 0 aliphatic carbocycles. The maximum atomic E-state index is 12.8. The summed E-state index contributed by atoms with van der Waals surface area (Å²) in [6.45, 7) is 10.6. The van der Waals surface area contributed by atoms with E-state index in [9.17, 15) is 19.2 Å². The van der Waals surface area contributed by atoms with E-state index >= 15 is 0 Å². The fourth-order valence-electron chi connectivity index (χ4n) is 5.74. The zero-order valence-electron chi connectivity index (χ0n) is 24.8. The molecule has 0 spiro atoms. The SMILES string of the molecule is CC(=O)OC[C@]1(C)[C@@H](CO[Si](c2ccccc2)(c2ccccc2)C(C)(C)C)OC(n2ccc(=O)[nH]c2=O)[C@@H]1OC(C)=O. The van der Waals surface area contributed by atoms with Crippen molar-refractivity contribution < 1.29 is 28.2 Å². The summed E-state index contributed by atoms with van der Waals surface area (Å²) in [5.41, 5.74) is -2.43. The smallest absolute Gasteiger partial charge is 0.330 e. The van der Waals surface area contributed by atoms with Crippen molar-refractivity contribution in [2.24, 2.45) is 5.41 Å². The summed E-state index contributed by atoms with van der Waals surface area (Å²) in [6, 6.07) is 21.3. The standard InChI is InChI=1S/C31H38N2O8Si/c1-21(34)38-20-31(6)25(41-28(27(31)40-22(2)35)33-18-17-26(36)32-29(33)37)19-39-42(30(3,4)5,23-13-9-7-10-14-23)24-15-11-8-12-16-24/h7-18,25,27-28H,19-20H2,1-6H3,(H,32,36,37)/t25-,27+,28?,31-/m1/s1. The molecule has 1 aromatic heterocycles. The maximum Gasteiger partial charge on any atom is 0.330 e. The molecular formula is C31H38N2O8Si. The number of hydrogen-bond donors (Lipinski definition) is 1. The lowest BCUT2D eigenvalue weighted by molar-refractivity contribution is -0.161. The minimum absolute atomic E-state index is 0.0391. The number of ether oxygens (including phenoxy) is 3. The van der Waals surface area contributed by atoms with Gasteiger partial charge in [-0.25, -0.2) is 4.79 Å². The van der Waals surface area contributed by atoms with Gasteiger partial charge in [-0.3, -0.25) is 23.9 Å². The Balaban J connectivity index is 1.83. The van der Waals surface area contributed by atoms with Gasteiger partial charge in [0.05, 0.1) is 18.1 Å². The second-order valence-corrected chi connectivity index (χ2v) is 16.1. The van der Waals surface area contributed by atoms with Crippen molar-refractivity contribution in [3.63, 3.8) is 0 Å². The predicted octanol–water partition coefficient (Wildman–Crippen LogP) is 2.51. The summed E-state index contributed by atoms with van der Waals surface area (Å²) in [5.74, 6) is -1.12. The van der Waals surface area contributed by atoms with Gasteiger partial charge in [-0.05, 0) is 22.3 Å². The third-order valence-electron chi connectivity index (χ3n) is 7.82. The molecule has 2 aromatic carbocycles. The highest BCUT2D eigenvalue weighted by Gasteiger charge is 2.59. The van der Waals surface area contributed by atoms with Crippen LogP contribution in [0.3, 0.4) is 0 Å². The first-order valence-corrected chi connectivity index (χ1v) is 15.7. The van der Waals surface area contributed by atoms with Crippen molar-refractivity contribution in [1.29, 1.82) is 0 Å². The molecule has 224 valence electrons. The number of rotatable bonds is 9. The van der Waals surface area contributed by atoms with Gasteiger partial charge in [-0.15, -0.1) is 0 Å². The van der Waals surface area contributed by atoms with Crippen molar-refractivity contribution in [1.82, 2.24) is 9.55 Å². The van der Waals surface area contributed by atoms with Crippen LogP contribution in [0.2, 0.25) is 5.04 Å². The maximum absolute atomic E-state index is 12.8. The molecule has 0 radical (unpaired) electrons. The summed E-state index contributed by atoms with van der Waals surface area (Å²) >= 11 is 0. The second-order valence-electron chi connectivity index (χ2n) is 11.8. The Morgan fingerprint density at radius 3 is 2.00 bits per heavy atom. The average molecular weight is 595 g/mol. The summed E-state index contributed by atoms with van der Waals surface area (Å²) < 4.78 is 26.0. The summed E-state index contributed by atoms with van der Waals surface area (Å²) in [4.78, 5) is 51.1. The van der Waals surface area contributed by atoms with E-state index < -0.39 is 55.4 Å². The number of esters is 2. The van der Waals surface area contributed by atoms with Crippen molar-refractivity contribution in [3.05, 3.63) is 93.8 Å². The van der Waals surface area contributed by atoms with E-state index in [1.54, 1.807) is 6.92 Å². The number of nitrogens with zero attached hydrogens (tertiary/aromatic N) is 1. The van der Waals surface area contributed by atoms with Crippen LogP contribution in [-0.4, -0.2) is 55.2 Å². The first kappa shape index (κ1) is 31.1. The first-order chi connectivity index (χ1) is 19.8. The van der Waals surface area contributed by atoms with Crippen LogP contribution in [-0.2, 0) is 28.2 Å². The Morgan fingerprint density at radius 1 is 0.952 bits per heavy atom. The van der Waals surface area contributed by atoms with E-state index in [0.29, 0.717) is 0 Å². The van der Waals surface area contributed by atoms with E-state index in [1.165, 1.54) is 30.7 Å². The van der Waals surface area contributed by atoms with E-state index in [-0.39, 0.29) is 18.3 Å². The van der Waals surface area contributed by atoms with Crippen molar-refractivity contribution >= 4 is 30.6 Å². The van der Waals surface area contributed by atoms with Gasteiger partial charge < -0.3 is 18.6 Å². The number of carbonyl (C=O) groups excluding carboxylic acids is 2. The van der Waals surface area contributed by atoms with Crippen LogP contribution in [0.15, 0.2) is 82.5 Å². The fourth-order valence-corrected chi connectivity index (χ4v) is 10.3. The molecule has 11 heteroatoms. The molecule has 3 aromatic rings. The van der Waals surface area contributed by atoms with E-state index in [2.05, 4.69) is 50.0 Å². The van der Waals surface area contributed by atoms with Crippen molar-refractivity contribution in [3.8, 4) is 0 Å². The topological polar surface area (TPSA) is 126 Å². The minimum Gasteiger partial charge on any atom is -0.465 e.